The van der Waals surface area contributed by atoms with Gasteiger partial charge in [0.05, 0.1) is 0 Å². The number of carbonyl (C=O) groups excluding carboxylic acids is 1. The summed E-state index contributed by atoms with van der Waals surface area (Å²) in [6, 6.07) is 15.0. The van der Waals surface area contributed by atoms with Gasteiger partial charge in [-0.1, -0.05) is 35.9 Å². The fourth-order valence-corrected chi connectivity index (χ4v) is 2.42. The van der Waals surface area contributed by atoms with Gasteiger partial charge in [-0.2, -0.15) is 0 Å². The Morgan fingerprint density at radius 1 is 1.12 bits per heavy atom. The van der Waals surface area contributed by atoms with E-state index in [1.165, 1.54) is 5.56 Å². The Bertz CT molecular complexity index is 719. The van der Waals surface area contributed by atoms with Crippen molar-refractivity contribution in [2.24, 2.45) is 10.7 Å². The average Bonchev–Trinajstić information content (AvgIpc) is 2.58. The molecule has 0 saturated carbocycles. The maximum Gasteiger partial charge on any atom is 0.248 e. The first-order chi connectivity index (χ1) is 11.6. The van der Waals surface area contributed by atoms with Crippen LogP contribution in [0.2, 0.25) is 5.02 Å². The minimum absolute atomic E-state index is 0. The Morgan fingerprint density at radius 3 is 2.44 bits per heavy atom. The molecule has 0 spiro atoms. The van der Waals surface area contributed by atoms with E-state index in [0.29, 0.717) is 12.1 Å². The van der Waals surface area contributed by atoms with E-state index in [0.717, 1.165) is 29.5 Å². The second kappa shape index (κ2) is 10.9. The van der Waals surface area contributed by atoms with Crippen molar-refractivity contribution in [2.45, 2.75) is 13.0 Å². The molecule has 2 aromatic rings. The average molecular weight is 473 g/mol. The number of nitrogens with two attached hydrogens (primary N) is 1. The highest BCUT2D eigenvalue weighted by molar-refractivity contribution is 14.0. The Labute approximate surface area is 170 Å². The fraction of sp³-hybridized carbons (Fsp3) is 0.222. The number of guanidine groups is 1. The number of amides is 1. The highest BCUT2D eigenvalue weighted by atomic mass is 127. The Kier molecular flexibility index (Phi) is 9.30. The molecule has 2 rings (SSSR count). The van der Waals surface area contributed by atoms with Gasteiger partial charge in [-0.25, -0.2) is 0 Å². The number of nitrogens with one attached hydrogen (secondary N) is 2. The number of halogens is 2. The molecule has 5 nitrogen and oxygen atoms in total. The van der Waals surface area contributed by atoms with Gasteiger partial charge < -0.3 is 16.4 Å². The van der Waals surface area contributed by atoms with E-state index in [9.17, 15) is 4.79 Å². The smallest absolute Gasteiger partial charge is 0.248 e. The fourth-order valence-electron chi connectivity index (χ4n) is 2.21. The van der Waals surface area contributed by atoms with Crippen molar-refractivity contribution in [3.05, 3.63) is 70.2 Å². The number of hydrogen-bond donors (Lipinski definition) is 3. The molecular formula is C18H22ClIN4O. The van der Waals surface area contributed by atoms with Crippen LogP contribution in [0.5, 0.6) is 0 Å². The summed E-state index contributed by atoms with van der Waals surface area (Å²) in [5.74, 6) is 0.295. The van der Waals surface area contributed by atoms with Crippen LogP contribution in [0.3, 0.4) is 0 Å². The molecular weight excluding hydrogens is 451 g/mol. The Hall–Kier alpha value is -1.80. The summed E-state index contributed by atoms with van der Waals surface area (Å²) >= 11 is 5.98. The van der Waals surface area contributed by atoms with Gasteiger partial charge >= 0.3 is 0 Å². The van der Waals surface area contributed by atoms with E-state index < -0.39 is 5.91 Å². The first-order valence-corrected chi connectivity index (χ1v) is 8.04. The molecule has 0 bridgehead atoms. The molecule has 0 unspecified atom stereocenters. The van der Waals surface area contributed by atoms with Gasteiger partial charge in [0.1, 0.15) is 0 Å². The topological polar surface area (TPSA) is 79.5 Å². The zero-order chi connectivity index (χ0) is 17.4. The first kappa shape index (κ1) is 21.2. The van der Waals surface area contributed by atoms with Crippen LogP contribution in [0.25, 0.3) is 0 Å². The zero-order valence-corrected chi connectivity index (χ0v) is 17.0. The summed E-state index contributed by atoms with van der Waals surface area (Å²) in [6.07, 6.45) is 0.856. The third-order valence-corrected chi connectivity index (χ3v) is 3.75. The number of aliphatic imine (C=N–C) groups is 1. The van der Waals surface area contributed by atoms with Crippen molar-refractivity contribution >= 4 is 47.4 Å². The normalized spacial score (nSPS) is 10.7. The largest absolute Gasteiger partial charge is 0.366 e. The highest BCUT2D eigenvalue weighted by Gasteiger charge is 2.02. The molecule has 0 radical (unpaired) electrons. The van der Waals surface area contributed by atoms with Crippen LogP contribution in [0.1, 0.15) is 21.5 Å². The van der Waals surface area contributed by atoms with Crippen LogP contribution in [0.15, 0.2) is 53.5 Å². The molecule has 0 aromatic heterocycles. The summed E-state index contributed by atoms with van der Waals surface area (Å²) in [4.78, 5) is 15.2. The minimum atomic E-state index is -0.423. The molecule has 0 saturated heterocycles. The lowest BCUT2D eigenvalue weighted by Gasteiger charge is -2.12. The van der Waals surface area contributed by atoms with Gasteiger partial charge in [-0.3, -0.25) is 9.79 Å². The van der Waals surface area contributed by atoms with Crippen molar-refractivity contribution < 1.29 is 4.79 Å². The van der Waals surface area contributed by atoms with Crippen LogP contribution >= 0.6 is 35.6 Å². The van der Waals surface area contributed by atoms with Crippen molar-refractivity contribution in [3.8, 4) is 0 Å². The molecule has 0 aliphatic rings. The molecule has 1 amide bonds. The molecule has 0 atom stereocenters. The van der Waals surface area contributed by atoms with Crippen molar-refractivity contribution in [3.63, 3.8) is 0 Å². The number of benzene rings is 2. The third kappa shape index (κ3) is 7.31. The molecule has 0 fully saturated rings. The van der Waals surface area contributed by atoms with Crippen molar-refractivity contribution in [1.29, 1.82) is 0 Å². The molecule has 25 heavy (non-hydrogen) atoms. The third-order valence-electron chi connectivity index (χ3n) is 3.52. The maximum absolute atomic E-state index is 11.1. The summed E-state index contributed by atoms with van der Waals surface area (Å²) < 4.78 is 0. The zero-order valence-electron chi connectivity index (χ0n) is 14.0. The van der Waals surface area contributed by atoms with Gasteiger partial charge in [0.15, 0.2) is 5.96 Å². The Morgan fingerprint density at radius 2 is 1.84 bits per heavy atom. The van der Waals surface area contributed by atoms with Gasteiger partial charge in [-0.15, -0.1) is 24.0 Å². The molecule has 4 N–H and O–H groups in total. The van der Waals surface area contributed by atoms with Crippen LogP contribution in [-0.2, 0) is 13.0 Å². The van der Waals surface area contributed by atoms with E-state index in [2.05, 4.69) is 15.6 Å². The second-order valence-corrected chi connectivity index (χ2v) is 5.73. The first-order valence-electron chi connectivity index (χ1n) is 7.66. The van der Waals surface area contributed by atoms with E-state index in [-0.39, 0.29) is 24.0 Å². The van der Waals surface area contributed by atoms with Crippen LogP contribution in [0, 0.1) is 0 Å². The molecule has 0 aliphatic carbocycles. The van der Waals surface area contributed by atoms with Crippen LogP contribution in [0.4, 0.5) is 0 Å². The van der Waals surface area contributed by atoms with E-state index >= 15 is 0 Å². The highest BCUT2D eigenvalue weighted by Crippen LogP contribution is 2.10. The standard InChI is InChI=1S/C18H21ClN4O.HI/c1-21-18(22-10-9-13-3-2-4-16(19)11-13)23-12-14-5-7-15(8-6-14)17(20)24;/h2-8,11H,9-10,12H2,1H3,(H2,20,24)(H2,21,22,23);1H. The van der Waals surface area contributed by atoms with Gasteiger partial charge in [0.2, 0.25) is 5.91 Å². The van der Waals surface area contributed by atoms with Crippen molar-refractivity contribution in [1.82, 2.24) is 10.6 Å². The van der Waals surface area contributed by atoms with Crippen molar-refractivity contribution in [2.75, 3.05) is 13.6 Å². The number of rotatable bonds is 6. The summed E-state index contributed by atoms with van der Waals surface area (Å²) in [7, 11) is 1.73. The monoisotopic (exact) mass is 472 g/mol. The quantitative estimate of drug-likeness (QED) is 0.344. The predicted octanol–water partition coefficient (Wildman–Crippen LogP) is 2.96. The number of primary amides is 1. The van der Waals surface area contributed by atoms with Crippen LogP contribution < -0.4 is 16.4 Å². The molecule has 134 valence electrons. The molecule has 0 aliphatic heterocycles. The number of hydrogen-bond acceptors (Lipinski definition) is 2. The van der Waals surface area contributed by atoms with E-state index in [1.807, 2.05) is 36.4 Å². The van der Waals surface area contributed by atoms with E-state index in [4.69, 9.17) is 17.3 Å². The van der Waals surface area contributed by atoms with Gasteiger partial charge in [0, 0.05) is 30.7 Å². The Balaban J connectivity index is 0.00000312. The number of nitrogens with zero attached hydrogens (tertiary/aromatic N) is 1. The maximum atomic E-state index is 11.1. The number of carbonyl (C=O) groups is 1. The second-order valence-electron chi connectivity index (χ2n) is 5.29. The summed E-state index contributed by atoms with van der Waals surface area (Å²) in [5.41, 5.74) is 7.94. The van der Waals surface area contributed by atoms with Gasteiger partial charge in [0.25, 0.3) is 0 Å². The SMILES string of the molecule is CN=C(NCCc1cccc(Cl)c1)NCc1ccc(C(N)=O)cc1.I. The lowest BCUT2D eigenvalue weighted by Crippen LogP contribution is -2.37. The van der Waals surface area contributed by atoms with Gasteiger partial charge in [-0.05, 0) is 41.8 Å². The minimum Gasteiger partial charge on any atom is -0.366 e. The lowest BCUT2D eigenvalue weighted by atomic mass is 10.1. The van der Waals surface area contributed by atoms with E-state index in [1.54, 1.807) is 19.2 Å². The van der Waals surface area contributed by atoms with Crippen LogP contribution in [-0.4, -0.2) is 25.5 Å². The molecule has 0 heterocycles. The lowest BCUT2D eigenvalue weighted by molar-refractivity contribution is 0.100. The molecule has 7 heteroatoms. The summed E-state index contributed by atoms with van der Waals surface area (Å²) in [5, 5.41) is 7.23. The predicted molar refractivity (Wildman–Crippen MR) is 114 cm³/mol. The summed E-state index contributed by atoms with van der Waals surface area (Å²) in [6.45, 7) is 1.36. The molecule has 2 aromatic carbocycles.